The molecule has 0 radical (unpaired) electrons. The predicted molar refractivity (Wildman–Crippen MR) is 57.7 cm³/mol. The number of aryl methyl sites for hydroxylation is 1. The third-order valence-electron chi connectivity index (χ3n) is 2.93. The molecule has 4 nitrogen and oxygen atoms in total. The van der Waals surface area contributed by atoms with E-state index in [1.54, 1.807) is 0 Å². The van der Waals surface area contributed by atoms with Crippen molar-refractivity contribution in [3.8, 4) is 0 Å². The van der Waals surface area contributed by atoms with Gasteiger partial charge in [-0.2, -0.15) is 4.98 Å². The van der Waals surface area contributed by atoms with Crippen molar-refractivity contribution in [3.63, 3.8) is 0 Å². The Kier molecular flexibility index (Phi) is 3.36. The average Bonchev–Trinajstić information content (AvgIpc) is 2.86. The molecule has 4 heteroatoms. The first-order valence-electron chi connectivity index (χ1n) is 5.79. The summed E-state index contributed by atoms with van der Waals surface area (Å²) < 4.78 is 5.20. The van der Waals surface area contributed by atoms with Crippen LogP contribution in [0.15, 0.2) is 4.52 Å². The van der Waals surface area contributed by atoms with Crippen LogP contribution in [0.1, 0.15) is 44.3 Å². The Morgan fingerprint density at radius 2 is 2.40 bits per heavy atom. The summed E-state index contributed by atoms with van der Waals surface area (Å²) in [7, 11) is 0. The lowest BCUT2D eigenvalue weighted by Gasteiger charge is -2.03. The van der Waals surface area contributed by atoms with Gasteiger partial charge in [-0.25, -0.2) is 0 Å². The SMILES string of the molecule is CC(C)c1noc(CCC2CCNC2)n1. The lowest BCUT2D eigenvalue weighted by atomic mass is 10.0. The van der Waals surface area contributed by atoms with Crippen molar-refractivity contribution in [3.05, 3.63) is 11.7 Å². The van der Waals surface area contributed by atoms with Crippen LogP contribution in [0.25, 0.3) is 0 Å². The maximum absolute atomic E-state index is 5.20. The maximum atomic E-state index is 5.20. The summed E-state index contributed by atoms with van der Waals surface area (Å²) in [5.41, 5.74) is 0. The van der Waals surface area contributed by atoms with Crippen LogP contribution in [0.2, 0.25) is 0 Å². The van der Waals surface area contributed by atoms with Crippen molar-refractivity contribution in [1.82, 2.24) is 15.5 Å². The van der Waals surface area contributed by atoms with Crippen LogP contribution < -0.4 is 5.32 Å². The van der Waals surface area contributed by atoms with Gasteiger partial charge in [0.1, 0.15) is 0 Å². The fourth-order valence-electron chi connectivity index (χ4n) is 1.89. The number of rotatable bonds is 4. The molecule has 0 aromatic carbocycles. The Morgan fingerprint density at radius 1 is 1.53 bits per heavy atom. The third kappa shape index (κ3) is 2.78. The minimum Gasteiger partial charge on any atom is -0.339 e. The molecule has 0 amide bonds. The first kappa shape index (κ1) is 10.6. The zero-order valence-corrected chi connectivity index (χ0v) is 9.49. The van der Waals surface area contributed by atoms with Crippen LogP contribution in [-0.4, -0.2) is 23.2 Å². The predicted octanol–water partition coefficient (Wildman–Crippen LogP) is 1.74. The Labute approximate surface area is 90.4 Å². The minimum absolute atomic E-state index is 0.357. The van der Waals surface area contributed by atoms with Crippen molar-refractivity contribution >= 4 is 0 Å². The van der Waals surface area contributed by atoms with Crippen molar-refractivity contribution < 1.29 is 4.52 Å². The number of nitrogens with zero attached hydrogens (tertiary/aromatic N) is 2. The van der Waals surface area contributed by atoms with Crippen molar-refractivity contribution in [2.24, 2.45) is 5.92 Å². The number of hydrogen-bond donors (Lipinski definition) is 1. The molecule has 2 rings (SSSR count). The van der Waals surface area contributed by atoms with E-state index >= 15 is 0 Å². The highest BCUT2D eigenvalue weighted by molar-refractivity contribution is 4.92. The van der Waals surface area contributed by atoms with E-state index in [4.69, 9.17) is 4.52 Å². The third-order valence-corrected chi connectivity index (χ3v) is 2.93. The van der Waals surface area contributed by atoms with E-state index in [-0.39, 0.29) is 0 Å². The number of hydrogen-bond acceptors (Lipinski definition) is 4. The summed E-state index contributed by atoms with van der Waals surface area (Å²) in [5, 5.41) is 7.32. The highest BCUT2D eigenvalue weighted by Gasteiger charge is 2.16. The highest BCUT2D eigenvalue weighted by Crippen LogP contribution is 2.16. The van der Waals surface area contributed by atoms with Crippen LogP contribution in [0.5, 0.6) is 0 Å². The second-order valence-corrected chi connectivity index (χ2v) is 4.60. The van der Waals surface area contributed by atoms with E-state index in [1.807, 2.05) is 0 Å². The molecular weight excluding hydrogens is 190 g/mol. The van der Waals surface area contributed by atoms with Crippen LogP contribution in [-0.2, 0) is 6.42 Å². The molecule has 1 aliphatic rings. The van der Waals surface area contributed by atoms with Gasteiger partial charge in [0.05, 0.1) is 0 Å². The van der Waals surface area contributed by atoms with Gasteiger partial charge in [-0.15, -0.1) is 0 Å². The lowest BCUT2D eigenvalue weighted by Crippen LogP contribution is -2.09. The number of aromatic nitrogens is 2. The summed E-state index contributed by atoms with van der Waals surface area (Å²) in [6.07, 6.45) is 3.37. The molecular formula is C11H19N3O. The Hall–Kier alpha value is -0.900. The van der Waals surface area contributed by atoms with E-state index in [9.17, 15) is 0 Å². The molecule has 0 aliphatic carbocycles. The lowest BCUT2D eigenvalue weighted by molar-refractivity contribution is 0.359. The maximum Gasteiger partial charge on any atom is 0.226 e. The average molecular weight is 209 g/mol. The Bertz CT molecular complexity index is 303. The van der Waals surface area contributed by atoms with E-state index in [0.717, 1.165) is 43.6 Å². The van der Waals surface area contributed by atoms with Gasteiger partial charge in [-0.05, 0) is 31.8 Å². The molecule has 15 heavy (non-hydrogen) atoms. The molecule has 0 spiro atoms. The van der Waals surface area contributed by atoms with Crippen LogP contribution in [0, 0.1) is 5.92 Å². The zero-order chi connectivity index (χ0) is 10.7. The molecule has 0 bridgehead atoms. The van der Waals surface area contributed by atoms with Crippen molar-refractivity contribution in [2.75, 3.05) is 13.1 Å². The van der Waals surface area contributed by atoms with Gasteiger partial charge < -0.3 is 9.84 Å². The standard InChI is InChI=1S/C11H19N3O/c1-8(2)11-13-10(15-14-11)4-3-9-5-6-12-7-9/h8-9,12H,3-7H2,1-2H3. The summed E-state index contributed by atoms with van der Waals surface area (Å²) in [5.74, 6) is 2.77. The van der Waals surface area contributed by atoms with E-state index in [1.165, 1.54) is 6.42 Å². The summed E-state index contributed by atoms with van der Waals surface area (Å²) in [4.78, 5) is 4.37. The van der Waals surface area contributed by atoms with Gasteiger partial charge in [0.25, 0.3) is 0 Å². The molecule has 1 aromatic rings. The fraction of sp³-hybridized carbons (Fsp3) is 0.818. The van der Waals surface area contributed by atoms with Gasteiger partial charge >= 0.3 is 0 Å². The van der Waals surface area contributed by atoms with Crippen LogP contribution in [0.4, 0.5) is 0 Å². The van der Waals surface area contributed by atoms with E-state index in [2.05, 4.69) is 29.3 Å². The molecule has 1 unspecified atom stereocenters. The molecule has 1 saturated heterocycles. The van der Waals surface area contributed by atoms with Gasteiger partial charge in [0.2, 0.25) is 5.89 Å². The van der Waals surface area contributed by atoms with Crippen LogP contribution in [0.3, 0.4) is 0 Å². The van der Waals surface area contributed by atoms with Crippen molar-refractivity contribution in [2.45, 2.75) is 39.0 Å². The summed E-state index contributed by atoms with van der Waals surface area (Å²) >= 11 is 0. The monoisotopic (exact) mass is 209 g/mol. The van der Waals surface area contributed by atoms with E-state index < -0.39 is 0 Å². The van der Waals surface area contributed by atoms with Gasteiger partial charge in [-0.3, -0.25) is 0 Å². The summed E-state index contributed by atoms with van der Waals surface area (Å²) in [6, 6.07) is 0. The largest absolute Gasteiger partial charge is 0.339 e. The number of nitrogens with one attached hydrogen (secondary N) is 1. The Balaban J connectivity index is 1.82. The molecule has 1 aliphatic heterocycles. The van der Waals surface area contributed by atoms with Gasteiger partial charge in [-0.1, -0.05) is 19.0 Å². The normalized spacial score (nSPS) is 21.4. The second-order valence-electron chi connectivity index (χ2n) is 4.60. The highest BCUT2D eigenvalue weighted by atomic mass is 16.5. The zero-order valence-electron chi connectivity index (χ0n) is 9.49. The molecule has 1 N–H and O–H groups in total. The molecule has 1 fully saturated rings. The molecule has 84 valence electrons. The fourth-order valence-corrected chi connectivity index (χ4v) is 1.89. The van der Waals surface area contributed by atoms with Gasteiger partial charge in [0.15, 0.2) is 5.82 Å². The smallest absolute Gasteiger partial charge is 0.226 e. The molecule has 0 saturated carbocycles. The summed E-state index contributed by atoms with van der Waals surface area (Å²) in [6.45, 7) is 6.46. The second kappa shape index (κ2) is 4.75. The van der Waals surface area contributed by atoms with Gasteiger partial charge in [0, 0.05) is 12.3 Å². The molecule has 1 atom stereocenters. The van der Waals surface area contributed by atoms with E-state index in [0.29, 0.717) is 5.92 Å². The van der Waals surface area contributed by atoms with Crippen molar-refractivity contribution in [1.29, 1.82) is 0 Å². The first-order chi connectivity index (χ1) is 7.25. The topological polar surface area (TPSA) is 51.0 Å². The molecule has 1 aromatic heterocycles. The minimum atomic E-state index is 0.357. The van der Waals surface area contributed by atoms with Crippen LogP contribution >= 0.6 is 0 Å². The molecule has 2 heterocycles. The first-order valence-corrected chi connectivity index (χ1v) is 5.79. The Morgan fingerprint density at radius 3 is 3.00 bits per heavy atom. The quantitative estimate of drug-likeness (QED) is 0.820.